The van der Waals surface area contributed by atoms with E-state index >= 15 is 0 Å². The van der Waals surface area contributed by atoms with Crippen LogP contribution in [0.1, 0.15) is 50.7 Å². The van der Waals surface area contributed by atoms with E-state index < -0.39 is 23.8 Å². The van der Waals surface area contributed by atoms with Crippen molar-refractivity contribution in [3.05, 3.63) is 35.4 Å². The van der Waals surface area contributed by atoms with Crippen molar-refractivity contribution in [3.8, 4) is 0 Å². The molecular weight excluding hydrogens is 256 g/mol. The normalized spacial score (nSPS) is 17.0. The molecule has 0 fully saturated rings. The molecule has 4 unspecified atom stereocenters. The Labute approximate surface area is 119 Å². The van der Waals surface area contributed by atoms with Crippen molar-refractivity contribution >= 4 is 11.9 Å². The zero-order valence-electron chi connectivity index (χ0n) is 12.3. The largest absolute Gasteiger partial charge is 0.481 e. The lowest BCUT2D eigenvalue weighted by Gasteiger charge is -2.20. The maximum atomic E-state index is 11.1. The van der Waals surface area contributed by atoms with Gasteiger partial charge in [-0.2, -0.15) is 0 Å². The van der Waals surface area contributed by atoms with Crippen molar-refractivity contribution < 1.29 is 19.8 Å². The highest BCUT2D eigenvalue weighted by Crippen LogP contribution is 2.29. The van der Waals surface area contributed by atoms with Crippen molar-refractivity contribution in [2.24, 2.45) is 11.8 Å². The molecule has 1 rings (SSSR count). The van der Waals surface area contributed by atoms with E-state index in [2.05, 4.69) is 0 Å². The first-order chi connectivity index (χ1) is 9.25. The number of carboxylic acids is 2. The average Bonchev–Trinajstić information content (AvgIpc) is 2.43. The number of aliphatic carboxylic acids is 2. The van der Waals surface area contributed by atoms with Crippen LogP contribution in [0.15, 0.2) is 24.3 Å². The Balaban J connectivity index is 3.01. The fourth-order valence-electron chi connectivity index (χ4n) is 2.13. The minimum absolute atomic E-state index is 0.111. The van der Waals surface area contributed by atoms with Gasteiger partial charge in [0.1, 0.15) is 0 Å². The van der Waals surface area contributed by atoms with Crippen LogP contribution in [0.25, 0.3) is 0 Å². The Bertz CT molecular complexity index is 454. The van der Waals surface area contributed by atoms with Crippen LogP contribution in [0.3, 0.4) is 0 Å². The van der Waals surface area contributed by atoms with Gasteiger partial charge in [-0.05, 0) is 23.0 Å². The van der Waals surface area contributed by atoms with Crippen molar-refractivity contribution in [2.75, 3.05) is 0 Å². The lowest BCUT2D eigenvalue weighted by Crippen LogP contribution is -2.18. The fourth-order valence-corrected chi connectivity index (χ4v) is 2.13. The standard InChI is InChI=1S/C16H22O4/c1-9(11(3)15(17)18)13-6-5-7-14(8-13)10(2)12(4)16(19)20/h5-12H,1-4H3,(H,17,18)(H,19,20). The topological polar surface area (TPSA) is 74.6 Å². The first-order valence-electron chi connectivity index (χ1n) is 6.81. The zero-order valence-corrected chi connectivity index (χ0v) is 12.3. The Kier molecular flexibility index (Phi) is 5.31. The smallest absolute Gasteiger partial charge is 0.306 e. The van der Waals surface area contributed by atoms with Crippen molar-refractivity contribution in [2.45, 2.75) is 39.5 Å². The molecule has 0 aromatic heterocycles. The first kappa shape index (κ1) is 16.2. The molecule has 1 aromatic rings. The van der Waals surface area contributed by atoms with Crippen molar-refractivity contribution in [3.63, 3.8) is 0 Å². The van der Waals surface area contributed by atoms with Gasteiger partial charge in [0.05, 0.1) is 11.8 Å². The maximum Gasteiger partial charge on any atom is 0.306 e. The summed E-state index contributed by atoms with van der Waals surface area (Å²) < 4.78 is 0. The van der Waals surface area contributed by atoms with Crippen LogP contribution in [0.4, 0.5) is 0 Å². The summed E-state index contributed by atoms with van der Waals surface area (Å²) >= 11 is 0. The van der Waals surface area contributed by atoms with Gasteiger partial charge >= 0.3 is 11.9 Å². The summed E-state index contributed by atoms with van der Waals surface area (Å²) in [7, 11) is 0. The van der Waals surface area contributed by atoms with E-state index in [1.807, 2.05) is 38.1 Å². The summed E-state index contributed by atoms with van der Waals surface area (Å²) in [6, 6.07) is 7.58. The molecule has 0 aliphatic rings. The lowest BCUT2D eigenvalue weighted by atomic mass is 9.84. The van der Waals surface area contributed by atoms with E-state index in [0.717, 1.165) is 11.1 Å². The third kappa shape index (κ3) is 3.59. The highest BCUT2D eigenvalue weighted by atomic mass is 16.4. The molecular formula is C16H22O4. The summed E-state index contributed by atoms with van der Waals surface area (Å²) in [5.74, 6) is -2.82. The van der Waals surface area contributed by atoms with E-state index in [4.69, 9.17) is 10.2 Å². The Morgan fingerprint density at radius 2 is 1.20 bits per heavy atom. The van der Waals surface area contributed by atoms with E-state index in [1.165, 1.54) is 0 Å². The summed E-state index contributed by atoms with van der Waals surface area (Å²) in [6.45, 7) is 7.12. The fraction of sp³-hybridized carbons (Fsp3) is 0.500. The summed E-state index contributed by atoms with van der Waals surface area (Å²) in [5, 5.41) is 18.2. The summed E-state index contributed by atoms with van der Waals surface area (Å²) in [6.07, 6.45) is 0. The molecule has 4 nitrogen and oxygen atoms in total. The molecule has 0 bridgehead atoms. The molecule has 0 saturated heterocycles. The van der Waals surface area contributed by atoms with Crippen molar-refractivity contribution in [1.29, 1.82) is 0 Å². The van der Waals surface area contributed by atoms with Gasteiger partial charge < -0.3 is 10.2 Å². The number of carboxylic acid groups (broad SMARTS) is 2. The van der Waals surface area contributed by atoms with E-state index in [9.17, 15) is 9.59 Å². The van der Waals surface area contributed by atoms with Gasteiger partial charge in [0, 0.05) is 0 Å². The third-order valence-corrected chi connectivity index (χ3v) is 4.24. The number of rotatable bonds is 6. The van der Waals surface area contributed by atoms with Gasteiger partial charge in [-0.15, -0.1) is 0 Å². The second-order valence-electron chi connectivity index (χ2n) is 5.50. The molecule has 0 amide bonds. The number of hydrogen-bond donors (Lipinski definition) is 2. The van der Waals surface area contributed by atoms with Crippen LogP contribution >= 0.6 is 0 Å². The minimum Gasteiger partial charge on any atom is -0.481 e. The zero-order chi connectivity index (χ0) is 15.4. The van der Waals surface area contributed by atoms with Gasteiger partial charge in [0.25, 0.3) is 0 Å². The molecule has 110 valence electrons. The van der Waals surface area contributed by atoms with Crippen LogP contribution < -0.4 is 0 Å². The molecule has 0 saturated carbocycles. The SMILES string of the molecule is CC(C(=O)O)C(C)c1cccc(C(C)C(C)C(=O)O)c1. The predicted octanol–water partition coefficient (Wildman–Crippen LogP) is 3.34. The van der Waals surface area contributed by atoms with Gasteiger partial charge in [0.15, 0.2) is 0 Å². The van der Waals surface area contributed by atoms with E-state index in [0.29, 0.717) is 0 Å². The van der Waals surface area contributed by atoms with E-state index in [-0.39, 0.29) is 11.8 Å². The van der Waals surface area contributed by atoms with Gasteiger partial charge in [-0.25, -0.2) is 0 Å². The second-order valence-corrected chi connectivity index (χ2v) is 5.50. The minimum atomic E-state index is -0.824. The Morgan fingerprint density at radius 1 is 0.850 bits per heavy atom. The summed E-state index contributed by atoms with van der Waals surface area (Å²) in [5.41, 5.74) is 1.86. The van der Waals surface area contributed by atoms with Gasteiger partial charge in [-0.3, -0.25) is 9.59 Å². The highest BCUT2D eigenvalue weighted by molar-refractivity contribution is 5.71. The summed E-state index contributed by atoms with van der Waals surface area (Å²) in [4.78, 5) is 22.1. The average molecular weight is 278 g/mol. The van der Waals surface area contributed by atoms with Crippen LogP contribution in [-0.2, 0) is 9.59 Å². The second kappa shape index (κ2) is 6.55. The van der Waals surface area contributed by atoms with Crippen LogP contribution in [0.5, 0.6) is 0 Å². The quantitative estimate of drug-likeness (QED) is 0.837. The number of carbonyl (C=O) groups is 2. The molecule has 4 heteroatoms. The van der Waals surface area contributed by atoms with Gasteiger partial charge in [0.2, 0.25) is 0 Å². The van der Waals surface area contributed by atoms with E-state index in [1.54, 1.807) is 13.8 Å². The molecule has 0 heterocycles. The van der Waals surface area contributed by atoms with Crippen LogP contribution in [-0.4, -0.2) is 22.2 Å². The Morgan fingerprint density at radius 3 is 1.50 bits per heavy atom. The molecule has 0 aliphatic carbocycles. The Hall–Kier alpha value is -1.84. The van der Waals surface area contributed by atoms with Gasteiger partial charge in [-0.1, -0.05) is 52.0 Å². The maximum absolute atomic E-state index is 11.1. The molecule has 4 atom stereocenters. The molecule has 0 radical (unpaired) electrons. The molecule has 20 heavy (non-hydrogen) atoms. The predicted molar refractivity (Wildman–Crippen MR) is 76.9 cm³/mol. The highest BCUT2D eigenvalue weighted by Gasteiger charge is 2.24. The molecule has 1 aromatic carbocycles. The first-order valence-corrected chi connectivity index (χ1v) is 6.81. The molecule has 0 spiro atoms. The molecule has 0 aliphatic heterocycles. The van der Waals surface area contributed by atoms with Crippen molar-refractivity contribution in [1.82, 2.24) is 0 Å². The number of hydrogen-bond acceptors (Lipinski definition) is 2. The van der Waals surface area contributed by atoms with Crippen LogP contribution in [0.2, 0.25) is 0 Å². The monoisotopic (exact) mass is 278 g/mol. The van der Waals surface area contributed by atoms with Crippen LogP contribution in [0, 0.1) is 11.8 Å². The lowest BCUT2D eigenvalue weighted by molar-refractivity contribution is -0.142. The number of benzene rings is 1. The molecule has 2 N–H and O–H groups in total. The third-order valence-electron chi connectivity index (χ3n) is 4.24.